The van der Waals surface area contributed by atoms with Crippen LogP contribution in [-0.4, -0.2) is 61.7 Å². The lowest BCUT2D eigenvalue weighted by atomic mass is 9.93. The van der Waals surface area contributed by atoms with Crippen LogP contribution in [0.1, 0.15) is 47.5 Å². The van der Waals surface area contributed by atoms with Crippen molar-refractivity contribution in [3.63, 3.8) is 0 Å². The number of nitriles is 1. The summed E-state index contributed by atoms with van der Waals surface area (Å²) in [4.78, 5) is 4.74. The first kappa shape index (κ1) is 20.4. The molecule has 0 spiro atoms. The van der Waals surface area contributed by atoms with E-state index in [1.807, 2.05) is 6.92 Å². The van der Waals surface area contributed by atoms with Gasteiger partial charge in [0.05, 0.1) is 6.07 Å². The average molecular weight is 297 g/mol. The van der Waals surface area contributed by atoms with Crippen LogP contribution in [0.4, 0.5) is 0 Å². The standard InChI is InChI=1S/C17H36N4/c1-8-9-19-17(5,14-18)12-16(4)21(13-15(2)3)11-10-20(6)7/h15-16,19H,8-13H2,1-7H3. The maximum atomic E-state index is 9.50. The molecule has 0 fully saturated rings. The van der Waals surface area contributed by atoms with Crippen LogP contribution in [0.15, 0.2) is 0 Å². The van der Waals surface area contributed by atoms with Gasteiger partial charge in [-0.05, 0) is 53.2 Å². The monoisotopic (exact) mass is 296 g/mol. The number of nitrogens with one attached hydrogen (secondary N) is 1. The van der Waals surface area contributed by atoms with Gasteiger partial charge in [0.15, 0.2) is 0 Å². The molecule has 0 saturated heterocycles. The maximum Gasteiger partial charge on any atom is 0.105 e. The predicted molar refractivity (Wildman–Crippen MR) is 91.4 cm³/mol. The second-order valence-corrected chi connectivity index (χ2v) is 7.12. The van der Waals surface area contributed by atoms with Gasteiger partial charge in [0.1, 0.15) is 5.54 Å². The van der Waals surface area contributed by atoms with Crippen molar-refractivity contribution < 1.29 is 0 Å². The zero-order valence-corrected chi connectivity index (χ0v) is 15.2. The first-order valence-corrected chi connectivity index (χ1v) is 8.29. The number of hydrogen-bond donors (Lipinski definition) is 1. The summed E-state index contributed by atoms with van der Waals surface area (Å²) < 4.78 is 0. The molecule has 0 aromatic carbocycles. The number of nitrogens with zero attached hydrogens (tertiary/aromatic N) is 3. The van der Waals surface area contributed by atoms with E-state index in [1.54, 1.807) is 0 Å². The van der Waals surface area contributed by atoms with Gasteiger partial charge >= 0.3 is 0 Å². The Labute approximate surface area is 132 Å². The summed E-state index contributed by atoms with van der Waals surface area (Å²) in [5.74, 6) is 0.645. The number of hydrogen-bond acceptors (Lipinski definition) is 4. The molecule has 0 aliphatic heterocycles. The highest BCUT2D eigenvalue weighted by atomic mass is 15.2. The predicted octanol–water partition coefficient (Wildman–Crippen LogP) is 2.57. The highest BCUT2D eigenvalue weighted by Gasteiger charge is 2.28. The van der Waals surface area contributed by atoms with Crippen molar-refractivity contribution in [1.82, 2.24) is 15.1 Å². The van der Waals surface area contributed by atoms with Crippen molar-refractivity contribution in [3.8, 4) is 6.07 Å². The number of rotatable bonds is 11. The van der Waals surface area contributed by atoms with E-state index >= 15 is 0 Å². The third kappa shape index (κ3) is 9.08. The Balaban J connectivity index is 4.69. The smallest absolute Gasteiger partial charge is 0.105 e. The Morgan fingerprint density at radius 2 is 1.81 bits per heavy atom. The first-order chi connectivity index (χ1) is 9.74. The van der Waals surface area contributed by atoms with Gasteiger partial charge in [-0.25, -0.2) is 0 Å². The first-order valence-electron chi connectivity index (χ1n) is 8.29. The molecule has 0 amide bonds. The van der Waals surface area contributed by atoms with Crippen LogP contribution in [0.5, 0.6) is 0 Å². The molecule has 4 heteroatoms. The minimum absolute atomic E-state index is 0.404. The molecule has 0 saturated carbocycles. The average Bonchev–Trinajstić information content (AvgIpc) is 2.40. The van der Waals surface area contributed by atoms with Gasteiger partial charge in [-0.1, -0.05) is 20.8 Å². The summed E-state index contributed by atoms with van der Waals surface area (Å²) >= 11 is 0. The third-order valence-corrected chi connectivity index (χ3v) is 3.77. The Morgan fingerprint density at radius 1 is 1.19 bits per heavy atom. The van der Waals surface area contributed by atoms with Gasteiger partial charge in [-0.15, -0.1) is 0 Å². The molecule has 1 N–H and O–H groups in total. The third-order valence-electron chi connectivity index (χ3n) is 3.77. The molecule has 0 heterocycles. The van der Waals surface area contributed by atoms with Gasteiger partial charge in [-0.3, -0.25) is 10.2 Å². The molecule has 0 bridgehead atoms. The van der Waals surface area contributed by atoms with Crippen LogP contribution in [0.3, 0.4) is 0 Å². The van der Waals surface area contributed by atoms with Crippen molar-refractivity contribution in [3.05, 3.63) is 0 Å². The molecule has 2 atom stereocenters. The maximum absolute atomic E-state index is 9.50. The van der Waals surface area contributed by atoms with E-state index in [0.29, 0.717) is 12.0 Å². The van der Waals surface area contributed by atoms with Crippen molar-refractivity contribution in [1.29, 1.82) is 5.26 Å². The van der Waals surface area contributed by atoms with Gasteiger partial charge in [0.2, 0.25) is 0 Å². The van der Waals surface area contributed by atoms with Gasteiger partial charge in [0, 0.05) is 25.7 Å². The van der Waals surface area contributed by atoms with E-state index in [0.717, 1.165) is 39.0 Å². The second kappa shape index (κ2) is 10.2. The van der Waals surface area contributed by atoms with Crippen LogP contribution in [-0.2, 0) is 0 Å². The fourth-order valence-corrected chi connectivity index (χ4v) is 2.57. The van der Waals surface area contributed by atoms with Crippen molar-refractivity contribution in [2.45, 2.75) is 59.0 Å². The van der Waals surface area contributed by atoms with E-state index in [9.17, 15) is 5.26 Å². The van der Waals surface area contributed by atoms with Crippen LogP contribution in [0, 0.1) is 17.2 Å². The molecule has 0 aromatic rings. The molecular weight excluding hydrogens is 260 g/mol. The zero-order valence-electron chi connectivity index (χ0n) is 15.2. The lowest BCUT2D eigenvalue weighted by molar-refractivity contribution is 0.146. The molecule has 0 rings (SSSR count). The summed E-state index contributed by atoms with van der Waals surface area (Å²) in [7, 11) is 4.22. The van der Waals surface area contributed by atoms with E-state index in [4.69, 9.17) is 0 Å². The van der Waals surface area contributed by atoms with E-state index < -0.39 is 5.54 Å². The molecule has 0 radical (unpaired) electrons. The Kier molecular flexibility index (Phi) is 9.85. The molecule has 4 nitrogen and oxygen atoms in total. The highest BCUT2D eigenvalue weighted by molar-refractivity contribution is 5.05. The molecule has 0 aromatic heterocycles. The topological polar surface area (TPSA) is 42.3 Å². The van der Waals surface area contributed by atoms with Crippen LogP contribution in [0.2, 0.25) is 0 Å². The van der Waals surface area contributed by atoms with E-state index in [2.05, 4.69) is 63.0 Å². The SMILES string of the molecule is CCCNC(C)(C#N)CC(C)N(CCN(C)C)CC(C)C. The summed E-state index contributed by atoms with van der Waals surface area (Å²) in [5.41, 5.74) is -0.428. The van der Waals surface area contributed by atoms with E-state index in [-0.39, 0.29) is 0 Å². The Morgan fingerprint density at radius 3 is 2.24 bits per heavy atom. The van der Waals surface area contributed by atoms with Crippen molar-refractivity contribution >= 4 is 0 Å². The zero-order chi connectivity index (χ0) is 16.5. The fourth-order valence-electron chi connectivity index (χ4n) is 2.57. The normalized spacial score (nSPS) is 16.2. The summed E-state index contributed by atoms with van der Waals surface area (Å²) in [5, 5.41) is 12.9. The number of likely N-dealkylation sites (N-methyl/N-ethyl adjacent to an activating group) is 1. The molecule has 21 heavy (non-hydrogen) atoms. The lowest BCUT2D eigenvalue weighted by Crippen LogP contribution is -2.49. The van der Waals surface area contributed by atoms with E-state index in [1.165, 1.54) is 0 Å². The van der Waals surface area contributed by atoms with Crippen molar-refractivity contribution in [2.24, 2.45) is 5.92 Å². The minimum atomic E-state index is -0.428. The van der Waals surface area contributed by atoms with Crippen LogP contribution < -0.4 is 5.32 Å². The van der Waals surface area contributed by atoms with Gasteiger partial charge < -0.3 is 4.90 Å². The van der Waals surface area contributed by atoms with Crippen LogP contribution in [0.25, 0.3) is 0 Å². The highest BCUT2D eigenvalue weighted by Crippen LogP contribution is 2.17. The quantitative estimate of drug-likeness (QED) is 0.636. The lowest BCUT2D eigenvalue weighted by Gasteiger charge is -2.35. The second-order valence-electron chi connectivity index (χ2n) is 7.12. The molecule has 124 valence electrons. The summed E-state index contributed by atoms with van der Waals surface area (Å²) in [6.07, 6.45) is 1.92. The minimum Gasteiger partial charge on any atom is -0.308 e. The summed E-state index contributed by atoms with van der Waals surface area (Å²) in [6, 6.07) is 2.87. The molecular formula is C17H36N4. The van der Waals surface area contributed by atoms with Gasteiger partial charge in [0.25, 0.3) is 0 Å². The Bertz CT molecular complexity index is 308. The largest absolute Gasteiger partial charge is 0.308 e. The Hall–Kier alpha value is -0.630. The fraction of sp³-hybridized carbons (Fsp3) is 0.941. The molecule has 2 unspecified atom stereocenters. The van der Waals surface area contributed by atoms with Crippen molar-refractivity contribution in [2.75, 3.05) is 40.3 Å². The van der Waals surface area contributed by atoms with Crippen LogP contribution >= 0.6 is 0 Å². The molecule has 0 aliphatic rings. The van der Waals surface area contributed by atoms with Gasteiger partial charge in [-0.2, -0.15) is 5.26 Å². The molecule has 0 aliphatic carbocycles. The summed E-state index contributed by atoms with van der Waals surface area (Å²) in [6.45, 7) is 15.0.